The minimum atomic E-state index is -0.0498. The highest BCUT2D eigenvalue weighted by Crippen LogP contribution is 2.35. The lowest BCUT2D eigenvalue weighted by Gasteiger charge is -2.49. The molecule has 162 valence electrons. The lowest BCUT2D eigenvalue weighted by Crippen LogP contribution is -2.59. The zero-order valence-electron chi connectivity index (χ0n) is 18.4. The summed E-state index contributed by atoms with van der Waals surface area (Å²) in [6, 6.07) is 0.448. The van der Waals surface area contributed by atoms with E-state index in [-0.39, 0.29) is 5.91 Å². The minimum absolute atomic E-state index is 0.0498. The maximum absolute atomic E-state index is 12.4. The SMILES string of the molecule is CCn1nc(C(=O)NC)c2c1CC[C@@H](NCC1(N3CCCCC3)CCCCC1)C2. The number of carbonyl (C=O) groups is 1. The molecule has 1 aromatic rings. The van der Waals surface area contributed by atoms with E-state index in [1.54, 1.807) is 7.05 Å². The molecule has 2 N–H and O–H groups in total. The van der Waals surface area contributed by atoms with Crippen LogP contribution in [-0.2, 0) is 19.4 Å². The van der Waals surface area contributed by atoms with Crippen molar-refractivity contribution >= 4 is 5.91 Å². The van der Waals surface area contributed by atoms with Crippen LogP contribution in [-0.4, -0.2) is 58.9 Å². The topological polar surface area (TPSA) is 62.2 Å². The number of hydrogen-bond acceptors (Lipinski definition) is 4. The Morgan fingerprint density at radius 3 is 2.55 bits per heavy atom. The summed E-state index contributed by atoms with van der Waals surface area (Å²) in [4.78, 5) is 15.2. The van der Waals surface area contributed by atoms with Crippen LogP contribution in [0.1, 0.15) is 86.5 Å². The summed E-state index contributed by atoms with van der Waals surface area (Å²) >= 11 is 0. The fourth-order valence-electron chi connectivity index (χ4n) is 5.94. The van der Waals surface area contributed by atoms with E-state index in [2.05, 4.69) is 27.6 Å². The number of piperidine rings is 1. The third kappa shape index (κ3) is 4.24. The first kappa shape index (κ1) is 20.9. The van der Waals surface area contributed by atoms with Crippen molar-refractivity contribution in [2.24, 2.45) is 0 Å². The Morgan fingerprint density at radius 1 is 1.14 bits per heavy atom. The highest BCUT2D eigenvalue weighted by atomic mass is 16.1. The molecule has 2 aliphatic carbocycles. The van der Waals surface area contributed by atoms with Crippen LogP contribution in [0.5, 0.6) is 0 Å². The van der Waals surface area contributed by atoms with E-state index in [9.17, 15) is 4.79 Å². The summed E-state index contributed by atoms with van der Waals surface area (Å²) in [6.07, 6.45) is 14.0. The molecule has 6 heteroatoms. The van der Waals surface area contributed by atoms with Crippen molar-refractivity contribution in [1.29, 1.82) is 0 Å². The Kier molecular flexibility index (Phi) is 6.60. The van der Waals surface area contributed by atoms with Gasteiger partial charge in [0.15, 0.2) is 5.69 Å². The minimum Gasteiger partial charge on any atom is -0.354 e. The monoisotopic (exact) mass is 401 g/mol. The van der Waals surface area contributed by atoms with E-state index in [0.29, 0.717) is 17.3 Å². The van der Waals surface area contributed by atoms with Crippen molar-refractivity contribution in [3.8, 4) is 0 Å². The lowest BCUT2D eigenvalue weighted by atomic mass is 9.78. The van der Waals surface area contributed by atoms with Crippen LogP contribution in [0.25, 0.3) is 0 Å². The fourth-order valence-corrected chi connectivity index (χ4v) is 5.94. The molecule has 1 saturated heterocycles. The van der Waals surface area contributed by atoms with E-state index in [0.717, 1.165) is 32.4 Å². The molecule has 4 rings (SSSR count). The van der Waals surface area contributed by atoms with Crippen molar-refractivity contribution in [1.82, 2.24) is 25.3 Å². The maximum atomic E-state index is 12.4. The van der Waals surface area contributed by atoms with Crippen molar-refractivity contribution < 1.29 is 4.79 Å². The normalized spacial score (nSPS) is 24.8. The van der Waals surface area contributed by atoms with Gasteiger partial charge in [0, 0.05) is 43.0 Å². The quantitative estimate of drug-likeness (QED) is 0.769. The molecule has 2 fully saturated rings. The van der Waals surface area contributed by atoms with Crippen molar-refractivity contribution in [3.63, 3.8) is 0 Å². The van der Waals surface area contributed by atoms with Crippen LogP contribution < -0.4 is 10.6 Å². The molecule has 1 saturated carbocycles. The molecule has 6 nitrogen and oxygen atoms in total. The van der Waals surface area contributed by atoms with Gasteiger partial charge in [0.2, 0.25) is 0 Å². The summed E-state index contributed by atoms with van der Waals surface area (Å²) in [5, 5.41) is 11.4. The highest BCUT2D eigenvalue weighted by Gasteiger charge is 2.39. The molecule has 0 bridgehead atoms. The molecule has 3 aliphatic rings. The van der Waals surface area contributed by atoms with Gasteiger partial charge in [-0.05, 0) is 65.0 Å². The Balaban J connectivity index is 1.46. The van der Waals surface area contributed by atoms with Crippen LogP contribution in [0.2, 0.25) is 0 Å². The third-order valence-electron chi connectivity index (χ3n) is 7.62. The molecule has 1 atom stereocenters. The van der Waals surface area contributed by atoms with Gasteiger partial charge < -0.3 is 10.6 Å². The van der Waals surface area contributed by atoms with Crippen molar-refractivity contribution in [2.45, 2.75) is 95.7 Å². The number of fused-ring (bicyclic) bond motifs is 1. The number of rotatable bonds is 6. The van der Waals surface area contributed by atoms with E-state index in [1.165, 1.54) is 75.7 Å². The predicted octanol–water partition coefficient (Wildman–Crippen LogP) is 2.90. The zero-order valence-corrected chi connectivity index (χ0v) is 18.4. The number of aromatic nitrogens is 2. The lowest BCUT2D eigenvalue weighted by molar-refractivity contribution is 0.0310. The number of nitrogens with zero attached hydrogens (tertiary/aromatic N) is 3. The van der Waals surface area contributed by atoms with Gasteiger partial charge in [0.25, 0.3) is 5.91 Å². The Labute approximate surface area is 175 Å². The first-order valence-corrected chi connectivity index (χ1v) is 12.0. The van der Waals surface area contributed by atoms with E-state index in [4.69, 9.17) is 0 Å². The summed E-state index contributed by atoms with van der Waals surface area (Å²) in [5.41, 5.74) is 3.44. The number of nitrogens with one attached hydrogen (secondary N) is 2. The summed E-state index contributed by atoms with van der Waals surface area (Å²) in [7, 11) is 1.70. The molecule has 0 spiro atoms. The first-order valence-electron chi connectivity index (χ1n) is 12.0. The fraction of sp³-hybridized carbons (Fsp3) is 0.826. The second kappa shape index (κ2) is 9.17. The summed E-state index contributed by atoms with van der Waals surface area (Å²) < 4.78 is 2.03. The Bertz CT molecular complexity index is 700. The Morgan fingerprint density at radius 2 is 1.86 bits per heavy atom. The number of amides is 1. The van der Waals surface area contributed by atoms with Crippen LogP contribution >= 0.6 is 0 Å². The number of aryl methyl sites for hydroxylation is 1. The van der Waals surface area contributed by atoms with E-state index >= 15 is 0 Å². The number of carbonyl (C=O) groups excluding carboxylic acids is 1. The van der Waals surface area contributed by atoms with Gasteiger partial charge in [0.05, 0.1) is 0 Å². The second-order valence-electron chi connectivity index (χ2n) is 9.32. The molecule has 1 aromatic heterocycles. The van der Waals surface area contributed by atoms with Gasteiger partial charge in [-0.25, -0.2) is 0 Å². The molecule has 0 unspecified atom stereocenters. The van der Waals surface area contributed by atoms with Crippen molar-refractivity contribution in [2.75, 3.05) is 26.7 Å². The van der Waals surface area contributed by atoms with Gasteiger partial charge in [-0.2, -0.15) is 5.10 Å². The van der Waals surface area contributed by atoms with Crippen LogP contribution in [0.4, 0.5) is 0 Å². The van der Waals surface area contributed by atoms with E-state index < -0.39 is 0 Å². The number of hydrogen-bond donors (Lipinski definition) is 2. The molecule has 29 heavy (non-hydrogen) atoms. The molecular weight excluding hydrogens is 362 g/mol. The molecule has 0 aromatic carbocycles. The average Bonchev–Trinajstić information content (AvgIpc) is 3.16. The maximum Gasteiger partial charge on any atom is 0.271 e. The van der Waals surface area contributed by atoms with E-state index in [1.807, 2.05) is 4.68 Å². The molecule has 1 amide bonds. The predicted molar refractivity (Wildman–Crippen MR) is 116 cm³/mol. The largest absolute Gasteiger partial charge is 0.354 e. The van der Waals surface area contributed by atoms with Crippen LogP contribution in [0, 0.1) is 0 Å². The molecule has 2 heterocycles. The van der Waals surface area contributed by atoms with Gasteiger partial charge in [0.1, 0.15) is 0 Å². The second-order valence-corrected chi connectivity index (χ2v) is 9.32. The van der Waals surface area contributed by atoms with Gasteiger partial charge >= 0.3 is 0 Å². The van der Waals surface area contributed by atoms with Gasteiger partial charge in [-0.3, -0.25) is 14.4 Å². The Hall–Kier alpha value is -1.40. The smallest absolute Gasteiger partial charge is 0.271 e. The van der Waals surface area contributed by atoms with Gasteiger partial charge in [-0.1, -0.05) is 25.7 Å². The van der Waals surface area contributed by atoms with Crippen LogP contribution in [0.15, 0.2) is 0 Å². The molecule has 1 aliphatic heterocycles. The number of likely N-dealkylation sites (tertiary alicyclic amines) is 1. The summed E-state index contributed by atoms with van der Waals surface area (Å²) in [5.74, 6) is -0.0498. The molecule has 0 radical (unpaired) electrons. The van der Waals surface area contributed by atoms with Crippen molar-refractivity contribution in [3.05, 3.63) is 17.0 Å². The summed E-state index contributed by atoms with van der Waals surface area (Å²) in [6.45, 7) is 6.59. The highest BCUT2D eigenvalue weighted by molar-refractivity contribution is 5.93. The zero-order chi connectivity index (χ0) is 20.3. The standard InChI is InChI=1S/C23H39N5O/c1-3-28-20-11-10-18(16-19(20)21(26-28)22(29)24-2)25-17-23(12-6-4-7-13-23)27-14-8-5-9-15-27/h18,25H,3-17H2,1-2H3,(H,24,29)/t18-/m1/s1. The van der Waals surface area contributed by atoms with Gasteiger partial charge in [-0.15, -0.1) is 0 Å². The molecular formula is C23H39N5O. The first-order chi connectivity index (χ1) is 14.2. The van der Waals surface area contributed by atoms with Crippen LogP contribution in [0.3, 0.4) is 0 Å². The third-order valence-corrected chi connectivity index (χ3v) is 7.62. The average molecular weight is 402 g/mol.